The van der Waals surface area contributed by atoms with Crippen molar-refractivity contribution in [1.29, 1.82) is 0 Å². The largest absolute Gasteiger partial charge is 0.493 e. The van der Waals surface area contributed by atoms with E-state index in [1.165, 1.54) is 26.4 Å². The molecule has 0 unspecified atom stereocenters. The third-order valence-corrected chi connectivity index (χ3v) is 2.95. The van der Waals surface area contributed by atoms with Crippen molar-refractivity contribution >= 4 is 5.78 Å². The van der Waals surface area contributed by atoms with E-state index in [1.54, 1.807) is 6.07 Å². The molecule has 0 spiro atoms. The second-order valence-electron chi connectivity index (χ2n) is 4.14. The lowest BCUT2D eigenvalue weighted by Crippen LogP contribution is -2.05. The van der Waals surface area contributed by atoms with Gasteiger partial charge in [-0.2, -0.15) is 0 Å². The average molecular weight is 278 g/mol. The molecule has 1 aromatic carbocycles. The quantitative estimate of drug-likeness (QED) is 0.788. The number of ketones is 1. The van der Waals surface area contributed by atoms with Crippen molar-refractivity contribution in [3.05, 3.63) is 47.2 Å². The molecule has 1 aromatic heterocycles. The van der Waals surface area contributed by atoms with Gasteiger partial charge in [-0.25, -0.2) is 4.39 Å². The van der Waals surface area contributed by atoms with Crippen LogP contribution in [0, 0.1) is 5.82 Å². The normalized spacial score (nSPS) is 10.4. The maximum Gasteiger partial charge on any atom is 0.231 e. The summed E-state index contributed by atoms with van der Waals surface area (Å²) in [5.74, 6) is 0.0993. The van der Waals surface area contributed by atoms with Crippen LogP contribution in [0.4, 0.5) is 4.39 Å². The highest BCUT2D eigenvalue weighted by Crippen LogP contribution is 2.31. The molecule has 0 bridgehead atoms. The Kier molecular flexibility index (Phi) is 4.08. The Labute approximate surface area is 116 Å². The number of hydrogen-bond acceptors (Lipinski definition) is 4. The molecule has 0 aliphatic carbocycles. The predicted molar refractivity (Wildman–Crippen MR) is 71.0 cm³/mol. The number of aryl methyl sites for hydroxylation is 1. The molecular weight excluding hydrogens is 263 g/mol. The first-order valence-electron chi connectivity index (χ1n) is 6.15. The second kappa shape index (κ2) is 5.77. The lowest BCUT2D eigenvalue weighted by molar-refractivity contribution is 0.100. The summed E-state index contributed by atoms with van der Waals surface area (Å²) in [6, 6.07) is 5.67. The van der Waals surface area contributed by atoms with E-state index in [4.69, 9.17) is 13.9 Å². The Bertz CT molecular complexity index is 631. The molecule has 0 N–H and O–H groups in total. The molecule has 0 saturated carbocycles. The number of hydrogen-bond donors (Lipinski definition) is 0. The van der Waals surface area contributed by atoms with Gasteiger partial charge in [-0.1, -0.05) is 6.92 Å². The molecule has 0 fully saturated rings. The zero-order chi connectivity index (χ0) is 14.7. The van der Waals surface area contributed by atoms with Gasteiger partial charge < -0.3 is 13.9 Å². The standard InChI is InChI=1S/C15H15FO4/c1-4-9-5-6-12(20-9)15(17)10-7-13(18-2)14(19-3)8-11(10)16/h5-8H,4H2,1-3H3. The highest BCUT2D eigenvalue weighted by molar-refractivity contribution is 6.07. The van der Waals surface area contributed by atoms with Gasteiger partial charge in [0, 0.05) is 12.5 Å². The lowest BCUT2D eigenvalue weighted by atomic mass is 10.1. The average Bonchev–Trinajstić information content (AvgIpc) is 2.95. The van der Waals surface area contributed by atoms with Crippen LogP contribution < -0.4 is 9.47 Å². The number of halogens is 1. The SMILES string of the molecule is CCc1ccc(C(=O)c2cc(OC)c(OC)cc2F)o1. The summed E-state index contributed by atoms with van der Waals surface area (Å²) in [6.07, 6.45) is 0.668. The zero-order valence-electron chi connectivity index (χ0n) is 11.5. The van der Waals surface area contributed by atoms with Gasteiger partial charge in [0.15, 0.2) is 17.3 Å². The van der Waals surface area contributed by atoms with Crippen LogP contribution in [0.5, 0.6) is 11.5 Å². The maximum absolute atomic E-state index is 14.0. The van der Waals surface area contributed by atoms with Gasteiger partial charge in [0.05, 0.1) is 19.8 Å². The molecule has 5 heteroatoms. The highest BCUT2D eigenvalue weighted by atomic mass is 19.1. The lowest BCUT2D eigenvalue weighted by Gasteiger charge is -2.09. The van der Waals surface area contributed by atoms with E-state index in [9.17, 15) is 9.18 Å². The van der Waals surface area contributed by atoms with Crippen molar-refractivity contribution in [2.45, 2.75) is 13.3 Å². The predicted octanol–water partition coefficient (Wildman–Crippen LogP) is 3.23. The first-order chi connectivity index (χ1) is 9.60. The summed E-state index contributed by atoms with van der Waals surface area (Å²) in [7, 11) is 2.82. The number of ether oxygens (including phenoxy) is 2. The highest BCUT2D eigenvalue weighted by Gasteiger charge is 2.20. The molecule has 0 radical (unpaired) electrons. The van der Waals surface area contributed by atoms with Crippen molar-refractivity contribution in [2.24, 2.45) is 0 Å². The number of carbonyl (C=O) groups is 1. The van der Waals surface area contributed by atoms with Crippen LogP contribution in [0.1, 0.15) is 28.8 Å². The summed E-state index contributed by atoms with van der Waals surface area (Å²) in [4.78, 5) is 12.2. The number of carbonyl (C=O) groups excluding carboxylic acids is 1. The van der Waals surface area contributed by atoms with Crippen LogP contribution in [-0.2, 0) is 6.42 Å². The van der Waals surface area contributed by atoms with Crippen LogP contribution in [0.25, 0.3) is 0 Å². The zero-order valence-corrected chi connectivity index (χ0v) is 11.5. The Balaban J connectivity index is 2.43. The summed E-state index contributed by atoms with van der Waals surface area (Å²) in [6.45, 7) is 1.91. The molecule has 0 aliphatic heterocycles. The fourth-order valence-electron chi connectivity index (χ4n) is 1.85. The minimum atomic E-state index is -0.679. The molecule has 2 aromatic rings. The Morgan fingerprint density at radius 1 is 1.20 bits per heavy atom. The molecule has 4 nitrogen and oxygen atoms in total. The summed E-state index contributed by atoms with van der Waals surface area (Å²) in [5, 5.41) is 0. The van der Waals surface area contributed by atoms with Gasteiger partial charge in [-0.3, -0.25) is 4.79 Å². The maximum atomic E-state index is 14.0. The minimum absolute atomic E-state index is 0.105. The van der Waals surface area contributed by atoms with E-state index >= 15 is 0 Å². The topological polar surface area (TPSA) is 48.7 Å². The first kappa shape index (κ1) is 14.1. The van der Waals surface area contributed by atoms with Gasteiger partial charge >= 0.3 is 0 Å². The fourth-order valence-corrected chi connectivity index (χ4v) is 1.85. The van der Waals surface area contributed by atoms with Crippen LogP contribution >= 0.6 is 0 Å². The molecule has 1 heterocycles. The van der Waals surface area contributed by atoms with E-state index in [2.05, 4.69) is 0 Å². The Hall–Kier alpha value is -2.30. The van der Waals surface area contributed by atoms with E-state index < -0.39 is 11.6 Å². The van der Waals surface area contributed by atoms with E-state index in [0.717, 1.165) is 6.07 Å². The van der Waals surface area contributed by atoms with Crippen molar-refractivity contribution in [3.63, 3.8) is 0 Å². The van der Waals surface area contributed by atoms with Crippen LogP contribution in [0.3, 0.4) is 0 Å². The molecule has 0 amide bonds. The molecule has 2 rings (SSSR count). The van der Waals surface area contributed by atoms with E-state index in [-0.39, 0.29) is 17.1 Å². The van der Waals surface area contributed by atoms with Crippen molar-refractivity contribution in [1.82, 2.24) is 0 Å². The van der Waals surface area contributed by atoms with Crippen molar-refractivity contribution in [3.8, 4) is 11.5 Å². The summed E-state index contributed by atoms with van der Waals surface area (Å²) < 4.78 is 29.4. The first-order valence-corrected chi connectivity index (χ1v) is 6.15. The molecular formula is C15H15FO4. The number of rotatable bonds is 5. The number of furan rings is 1. The van der Waals surface area contributed by atoms with Gasteiger partial charge in [-0.05, 0) is 18.2 Å². The summed E-state index contributed by atoms with van der Waals surface area (Å²) in [5.41, 5.74) is -0.111. The van der Waals surface area contributed by atoms with Gasteiger partial charge in [0.25, 0.3) is 0 Å². The van der Waals surface area contributed by atoms with E-state index in [0.29, 0.717) is 17.9 Å². The summed E-state index contributed by atoms with van der Waals surface area (Å²) >= 11 is 0. The molecule has 106 valence electrons. The minimum Gasteiger partial charge on any atom is -0.493 e. The van der Waals surface area contributed by atoms with Crippen LogP contribution in [0.2, 0.25) is 0 Å². The van der Waals surface area contributed by atoms with Crippen LogP contribution in [0.15, 0.2) is 28.7 Å². The van der Waals surface area contributed by atoms with Gasteiger partial charge in [0.2, 0.25) is 5.78 Å². The smallest absolute Gasteiger partial charge is 0.231 e. The van der Waals surface area contributed by atoms with Crippen LogP contribution in [-0.4, -0.2) is 20.0 Å². The van der Waals surface area contributed by atoms with Gasteiger partial charge in [-0.15, -0.1) is 0 Å². The molecule has 0 aliphatic rings. The third kappa shape index (κ3) is 2.52. The Morgan fingerprint density at radius 3 is 2.40 bits per heavy atom. The monoisotopic (exact) mass is 278 g/mol. The van der Waals surface area contributed by atoms with Crippen molar-refractivity contribution in [2.75, 3.05) is 14.2 Å². The molecule has 20 heavy (non-hydrogen) atoms. The number of benzene rings is 1. The number of methoxy groups -OCH3 is 2. The van der Waals surface area contributed by atoms with Gasteiger partial charge in [0.1, 0.15) is 11.6 Å². The fraction of sp³-hybridized carbons (Fsp3) is 0.267. The van der Waals surface area contributed by atoms with Crippen molar-refractivity contribution < 1.29 is 23.1 Å². The second-order valence-corrected chi connectivity index (χ2v) is 4.14. The molecule has 0 atom stereocenters. The molecule has 0 saturated heterocycles. The Morgan fingerprint density at radius 2 is 1.85 bits per heavy atom. The van der Waals surface area contributed by atoms with E-state index in [1.807, 2.05) is 6.92 Å². The third-order valence-electron chi connectivity index (χ3n) is 2.95.